The predicted octanol–water partition coefficient (Wildman–Crippen LogP) is 4.62. The van der Waals surface area contributed by atoms with Gasteiger partial charge in [-0.25, -0.2) is 0 Å². The molecule has 1 aliphatic heterocycles. The molecule has 1 N–H and O–H groups in total. The van der Waals surface area contributed by atoms with Gasteiger partial charge in [0, 0.05) is 19.4 Å². The monoisotopic (exact) mass is 518 g/mol. The molecule has 37 heavy (non-hydrogen) atoms. The lowest BCUT2D eigenvalue weighted by atomic mass is 9.45. The number of hydrogen-bond acceptors (Lipinski definition) is 8. The van der Waals surface area contributed by atoms with Gasteiger partial charge in [0.15, 0.2) is 0 Å². The van der Waals surface area contributed by atoms with Gasteiger partial charge in [0.2, 0.25) is 12.6 Å². The quantitative estimate of drug-likeness (QED) is 0.215. The highest BCUT2D eigenvalue weighted by atomic mass is 16.8. The first-order valence-corrected chi connectivity index (χ1v) is 13.2. The van der Waals surface area contributed by atoms with Crippen LogP contribution in [0.25, 0.3) is 0 Å². The summed E-state index contributed by atoms with van der Waals surface area (Å²) in [5, 5.41) is 11.7. The maximum atomic E-state index is 12.8. The summed E-state index contributed by atoms with van der Waals surface area (Å²) in [6.45, 7) is 16.4. The van der Waals surface area contributed by atoms with E-state index in [0.717, 1.165) is 5.57 Å². The molecule has 0 bridgehead atoms. The maximum Gasteiger partial charge on any atom is 0.309 e. The number of carbonyl (C=O) groups is 3. The lowest BCUT2D eigenvalue weighted by molar-refractivity contribution is -0.254. The molecule has 3 aliphatic rings. The van der Waals surface area contributed by atoms with Crippen LogP contribution in [0.3, 0.4) is 0 Å². The number of aliphatic hydroxyl groups excluding tert-OH is 1. The zero-order valence-electron chi connectivity index (χ0n) is 23.1. The first-order chi connectivity index (χ1) is 17.3. The van der Waals surface area contributed by atoms with E-state index >= 15 is 0 Å². The Morgan fingerprint density at radius 1 is 1.19 bits per heavy atom. The Balaban J connectivity index is 2.21. The smallest absolute Gasteiger partial charge is 0.309 e. The molecule has 1 saturated heterocycles. The fraction of sp³-hybridized carbons (Fsp3) is 0.690. The van der Waals surface area contributed by atoms with E-state index in [4.69, 9.17) is 18.9 Å². The lowest BCUT2D eigenvalue weighted by Gasteiger charge is -2.60. The van der Waals surface area contributed by atoms with Crippen molar-refractivity contribution in [1.29, 1.82) is 0 Å². The second kappa shape index (κ2) is 11.1. The van der Waals surface area contributed by atoms with E-state index < -0.39 is 47.6 Å². The zero-order valence-corrected chi connectivity index (χ0v) is 23.1. The van der Waals surface area contributed by atoms with Crippen molar-refractivity contribution in [3.05, 3.63) is 36.0 Å². The second-order valence-electron chi connectivity index (χ2n) is 11.2. The van der Waals surface area contributed by atoms with Gasteiger partial charge in [-0.2, -0.15) is 0 Å². The Labute approximate surface area is 220 Å². The molecule has 0 aromatic rings. The van der Waals surface area contributed by atoms with E-state index in [1.807, 2.05) is 20.8 Å². The van der Waals surface area contributed by atoms with Crippen LogP contribution in [0.4, 0.5) is 0 Å². The number of allylic oxidation sites excluding steroid dienone is 3. The van der Waals surface area contributed by atoms with Crippen LogP contribution in [0, 0.1) is 28.6 Å². The Hall–Kier alpha value is -2.45. The van der Waals surface area contributed by atoms with E-state index in [1.54, 1.807) is 12.2 Å². The van der Waals surface area contributed by atoms with Crippen molar-refractivity contribution in [3.63, 3.8) is 0 Å². The molecule has 9 atom stereocenters. The largest absolute Gasteiger partial charge is 0.458 e. The summed E-state index contributed by atoms with van der Waals surface area (Å²) in [4.78, 5) is 37.0. The third kappa shape index (κ3) is 5.28. The third-order valence-corrected chi connectivity index (χ3v) is 8.87. The first kappa shape index (κ1) is 29.1. The van der Waals surface area contributed by atoms with Gasteiger partial charge in [-0.3, -0.25) is 19.1 Å². The minimum atomic E-state index is -1.17. The fourth-order valence-electron chi connectivity index (χ4n) is 6.30. The van der Waals surface area contributed by atoms with Gasteiger partial charge in [-0.1, -0.05) is 52.0 Å². The second-order valence-corrected chi connectivity index (χ2v) is 11.2. The standard InChI is InChI=1S/C29H42O8/c1-9-16(3)11-12-28(8)18(5)13-24(32)29-22(26(34-19(6)30)37-27(29)35-20(7)31)14-21(15-23(28)29)36-25(33)17(4)10-2/h9,11,14,17-18,21,23-24,26-27,32H,1,10,12-13,15H2,2-8H3/b16-11+/t17?,18-,21-,23+,24?,26+,27-,28-,29?/m1/s1. The van der Waals surface area contributed by atoms with Crippen LogP contribution >= 0.6 is 0 Å². The number of rotatable bonds is 8. The molecule has 0 aromatic heterocycles. The number of esters is 3. The molecule has 2 fully saturated rings. The van der Waals surface area contributed by atoms with Crippen molar-refractivity contribution < 1.29 is 38.4 Å². The molecule has 0 amide bonds. The summed E-state index contributed by atoms with van der Waals surface area (Å²) >= 11 is 0. The Morgan fingerprint density at radius 3 is 2.41 bits per heavy atom. The first-order valence-electron chi connectivity index (χ1n) is 13.2. The number of carbonyl (C=O) groups excluding carboxylic acids is 3. The van der Waals surface area contributed by atoms with Crippen LogP contribution in [0.2, 0.25) is 0 Å². The van der Waals surface area contributed by atoms with Crippen molar-refractivity contribution in [2.45, 2.75) is 98.9 Å². The summed E-state index contributed by atoms with van der Waals surface area (Å²) in [7, 11) is 0. The average molecular weight is 519 g/mol. The van der Waals surface area contributed by atoms with Crippen molar-refractivity contribution in [3.8, 4) is 0 Å². The summed E-state index contributed by atoms with van der Waals surface area (Å²) in [6, 6.07) is 0. The van der Waals surface area contributed by atoms with Crippen molar-refractivity contribution >= 4 is 17.9 Å². The lowest BCUT2D eigenvalue weighted by Crippen LogP contribution is -2.63. The van der Waals surface area contributed by atoms with E-state index in [0.29, 0.717) is 31.3 Å². The molecule has 8 nitrogen and oxygen atoms in total. The van der Waals surface area contributed by atoms with Crippen LogP contribution < -0.4 is 0 Å². The zero-order chi connectivity index (χ0) is 27.7. The number of hydrogen-bond donors (Lipinski definition) is 1. The van der Waals surface area contributed by atoms with Crippen LogP contribution in [0.1, 0.15) is 74.1 Å². The van der Waals surface area contributed by atoms with Crippen molar-refractivity contribution in [2.75, 3.05) is 0 Å². The highest BCUT2D eigenvalue weighted by Gasteiger charge is 2.71. The molecule has 1 spiro atoms. The Morgan fingerprint density at radius 2 is 1.84 bits per heavy atom. The maximum absolute atomic E-state index is 12.8. The average Bonchev–Trinajstić information content (AvgIpc) is 3.12. The molecule has 3 rings (SSSR count). The van der Waals surface area contributed by atoms with E-state index in [1.165, 1.54) is 13.8 Å². The van der Waals surface area contributed by atoms with Gasteiger partial charge >= 0.3 is 17.9 Å². The molecule has 1 heterocycles. The van der Waals surface area contributed by atoms with E-state index in [-0.39, 0.29) is 23.7 Å². The molecule has 206 valence electrons. The minimum absolute atomic E-state index is 0.0722. The summed E-state index contributed by atoms with van der Waals surface area (Å²) < 4.78 is 23.2. The van der Waals surface area contributed by atoms with Crippen LogP contribution in [0.5, 0.6) is 0 Å². The molecular formula is C29H42O8. The topological polar surface area (TPSA) is 108 Å². The number of ether oxygens (including phenoxy) is 4. The predicted molar refractivity (Wildman–Crippen MR) is 137 cm³/mol. The highest BCUT2D eigenvalue weighted by Crippen LogP contribution is 2.67. The van der Waals surface area contributed by atoms with Crippen LogP contribution in [-0.4, -0.2) is 47.8 Å². The molecule has 2 aliphatic carbocycles. The minimum Gasteiger partial charge on any atom is -0.458 e. The van der Waals surface area contributed by atoms with Gasteiger partial charge in [0.1, 0.15) is 6.10 Å². The molecule has 1 saturated carbocycles. The van der Waals surface area contributed by atoms with Gasteiger partial charge in [-0.05, 0) is 55.9 Å². The Kier molecular flexibility index (Phi) is 8.75. The molecule has 8 heteroatoms. The number of aliphatic hydroxyl groups is 1. The van der Waals surface area contributed by atoms with Gasteiger partial charge in [-0.15, -0.1) is 0 Å². The molecule has 0 aromatic carbocycles. The molecule has 3 unspecified atom stereocenters. The van der Waals surface area contributed by atoms with Gasteiger partial charge in [0.05, 0.1) is 17.4 Å². The summed E-state index contributed by atoms with van der Waals surface area (Å²) in [5.74, 6) is -1.99. The molecular weight excluding hydrogens is 476 g/mol. The van der Waals surface area contributed by atoms with Gasteiger partial charge in [0.25, 0.3) is 0 Å². The summed E-state index contributed by atoms with van der Waals surface area (Å²) in [6.07, 6.45) is 3.89. The molecule has 0 radical (unpaired) electrons. The normalized spacial score (nSPS) is 37.9. The fourth-order valence-corrected chi connectivity index (χ4v) is 6.30. The highest BCUT2D eigenvalue weighted by molar-refractivity contribution is 5.72. The van der Waals surface area contributed by atoms with Gasteiger partial charge < -0.3 is 19.3 Å². The van der Waals surface area contributed by atoms with E-state index in [9.17, 15) is 19.5 Å². The van der Waals surface area contributed by atoms with Crippen LogP contribution in [-0.2, 0) is 33.3 Å². The van der Waals surface area contributed by atoms with E-state index in [2.05, 4.69) is 26.5 Å². The third-order valence-electron chi connectivity index (χ3n) is 8.87. The van der Waals surface area contributed by atoms with Crippen molar-refractivity contribution in [2.24, 2.45) is 28.6 Å². The SMILES string of the molecule is C=C/C(C)=C/C[C@]1(C)[C@H](C)CC(O)C23C(=C[C@@H](OC(=O)C(C)CC)C[C@H]21)[C@@H](OC(C)=O)O[C@H]3OC(C)=O. The van der Waals surface area contributed by atoms with Crippen LogP contribution in [0.15, 0.2) is 36.0 Å². The summed E-state index contributed by atoms with van der Waals surface area (Å²) in [5.41, 5.74) is -0.0572. The van der Waals surface area contributed by atoms with Crippen molar-refractivity contribution in [1.82, 2.24) is 0 Å². The Bertz CT molecular complexity index is 982.